The van der Waals surface area contributed by atoms with Gasteiger partial charge in [-0.3, -0.25) is 10.1 Å². The van der Waals surface area contributed by atoms with Gasteiger partial charge in [0.2, 0.25) is 6.54 Å². The van der Waals surface area contributed by atoms with Crippen LogP contribution in [0.15, 0.2) is 79.0 Å². The van der Waals surface area contributed by atoms with Gasteiger partial charge in [-0.2, -0.15) is 0 Å². The summed E-state index contributed by atoms with van der Waals surface area (Å²) in [6.45, 7) is -0.232. The first-order chi connectivity index (χ1) is 13.1. The molecule has 4 aromatic rings. The Morgan fingerprint density at radius 3 is 2.33 bits per heavy atom. The van der Waals surface area contributed by atoms with Crippen molar-refractivity contribution in [1.82, 2.24) is 9.38 Å². The lowest BCUT2D eigenvalue weighted by Crippen LogP contribution is -2.16. The Morgan fingerprint density at radius 1 is 1.00 bits per heavy atom. The van der Waals surface area contributed by atoms with Gasteiger partial charge < -0.3 is 4.40 Å². The Kier molecular flexibility index (Phi) is 4.60. The quantitative estimate of drug-likeness (QED) is 0.360. The lowest BCUT2D eigenvalue weighted by molar-refractivity contribution is -0.482. The van der Waals surface area contributed by atoms with Crippen molar-refractivity contribution in [3.8, 4) is 11.3 Å². The number of hydrogen-bond donors (Lipinski definition) is 0. The third-order valence-corrected chi connectivity index (χ3v) is 4.75. The topological polar surface area (TPSA) is 60.4 Å². The van der Waals surface area contributed by atoms with Crippen molar-refractivity contribution >= 4 is 17.2 Å². The highest BCUT2D eigenvalue weighted by Crippen LogP contribution is 2.34. The van der Waals surface area contributed by atoms with E-state index >= 15 is 0 Å². The van der Waals surface area contributed by atoms with Gasteiger partial charge in [0.1, 0.15) is 5.65 Å². The molecule has 0 bridgehead atoms. The van der Waals surface area contributed by atoms with E-state index in [1.54, 1.807) is 12.3 Å². The molecule has 2 aromatic heterocycles. The summed E-state index contributed by atoms with van der Waals surface area (Å²) in [5.74, 6) is -0.454. The number of halogens is 1. The van der Waals surface area contributed by atoms with Crippen molar-refractivity contribution in [2.75, 3.05) is 6.54 Å². The van der Waals surface area contributed by atoms with Gasteiger partial charge in [-0.25, -0.2) is 4.98 Å². The second-order valence-electron chi connectivity index (χ2n) is 6.27. The number of aromatic nitrogens is 2. The summed E-state index contributed by atoms with van der Waals surface area (Å²) in [7, 11) is 0. The molecule has 27 heavy (non-hydrogen) atoms. The molecule has 0 aliphatic heterocycles. The molecule has 0 spiro atoms. The Morgan fingerprint density at radius 2 is 1.67 bits per heavy atom. The van der Waals surface area contributed by atoms with E-state index in [4.69, 9.17) is 16.6 Å². The maximum Gasteiger partial charge on any atom is 0.216 e. The molecule has 0 saturated carbocycles. The Bertz CT molecular complexity index is 1090. The third kappa shape index (κ3) is 3.41. The third-order valence-electron chi connectivity index (χ3n) is 4.53. The molecule has 0 N–H and O–H groups in total. The van der Waals surface area contributed by atoms with E-state index in [2.05, 4.69) is 0 Å². The molecule has 4 rings (SSSR count). The van der Waals surface area contributed by atoms with Crippen LogP contribution in [0.2, 0.25) is 5.02 Å². The molecule has 0 fully saturated rings. The van der Waals surface area contributed by atoms with Crippen LogP contribution in [0.4, 0.5) is 0 Å². The van der Waals surface area contributed by atoms with E-state index in [9.17, 15) is 10.1 Å². The first-order valence-electron chi connectivity index (χ1n) is 8.53. The van der Waals surface area contributed by atoms with Gasteiger partial charge in [-0.15, -0.1) is 0 Å². The number of benzene rings is 2. The van der Waals surface area contributed by atoms with E-state index in [0.717, 1.165) is 22.5 Å². The van der Waals surface area contributed by atoms with Crippen LogP contribution in [-0.2, 0) is 0 Å². The van der Waals surface area contributed by atoms with Crippen molar-refractivity contribution in [2.24, 2.45) is 0 Å². The summed E-state index contributed by atoms with van der Waals surface area (Å²) in [5.41, 5.74) is 3.98. The fourth-order valence-electron chi connectivity index (χ4n) is 3.36. The van der Waals surface area contributed by atoms with Crippen molar-refractivity contribution in [2.45, 2.75) is 5.92 Å². The zero-order valence-corrected chi connectivity index (χ0v) is 15.1. The Labute approximate surface area is 161 Å². The summed E-state index contributed by atoms with van der Waals surface area (Å²) in [6, 6.07) is 22.8. The summed E-state index contributed by atoms with van der Waals surface area (Å²) in [4.78, 5) is 16.0. The van der Waals surface area contributed by atoms with Gasteiger partial charge >= 0.3 is 0 Å². The minimum atomic E-state index is -0.454. The highest BCUT2D eigenvalue weighted by atomic mass is 35.5. The van der Waals surface area contributed by atoms with Crippen LogP contribution in [-0.4, -0.2) is 20.9 Å². The molecular formula is C21H16ClN3O2. The number of fused-ring (bicyclic) bond motifs is 1. The predicted octanol–water partition coefficient (Wildman–Crippen LogP) is 5.06. The number of pyridine rings is 1. The van der Waals surface area contributed by atoms with Gasteiger partial charge in [-0.1, -0.05) is 72.3 Å². The molecule has 0 radical (unpaired) electrons. The maximum atomic E-state index is 11.5. The normalized spacial score (nSPS) is 12.2. The first-order valence-corrected chi connectivity index (χ1v) is 8.91. The molecule has 0 aliphatic rings. The van der Waals surface area contributed by atoms with E-state index in [-0.39, 0.29) is 11.5 Å². The summed E-state index contributed by atoms with van der Waals surface area (Å²) >= 11 is 6.22. The largest absolute Gasteiger partial charge is 0.301 e. The average Bonchev–Trinajstić information content (AvgIpc) is 3.06. The fourth-order valence-corrected chi connectivity index (χ4v) is 3.52. The van der Waals surface area contributed by atoms with Crippen LogP contribution in [0.3, 0.4) is 0 Å². The van der Waals surface area contributed by atoms with E-state index in [1.807, 2.05) is 71.1 Å². The van der Waals surface area contributed by atoms with Crippen molar-refractivity contribution in [3.63, 3.8) is 0 Å². The average molecular weight is 378 g/mol. The number of hydrogen-bond acceptors (Lipinski definition) is 3. The van der Waals surface area contributed by atoms with Gasteiger partial charge in [0.15, 0.2) is 0 Å². The molecule has 5 nitrogen and oxygen atoms in total. The van der Waals surface area contributed by atoms with Crippen LogP contribution in [0.1, 0.15) is 17.2 Å². The SMILES string of the molecule is O=[N+]([O-])CC(c1ccccc1)c1c(-c2ccccc2)nc2ccc(Cl)cn12. The standard InChI is InChI=1S/C21H16ClN3O2/c22-17-11-12-19-23-20(16-9-5-2-6-10-16)21(24(19)13-17)18(14-25(26)27)15-7-3-1-4-8-15/h1-13,18H,14H2. The van der Waals surface area contributed by atoms with Gasteiger partial charge in [0, 0.05) is 16.7 Å². The molecule has 1 atom stereocenters. The zero-order valence-electron chi connectivity index (χ0n) is 14.3. The van der Waals surface area contributed by atoms with Crippen LogP contribution < -0.4 is 0 Å². The lowest BCUT2D eigenvalue weighted by atomic mass is 9.92. The molecule has 2 heterocycles. The summed E-state index contributed by atoms with van der Waals surface area (Å²) in [5, 5.41) is 12.0. The number of nitro groups is 1. The van der Waals surface area contributed by atoms with Gasteiger partial charge in [0.25, 0.3) is 0 Å². The number of nitrogens with zero attached hydrogens (tertiary/aromatic N) is 3. The Balaban J connectivity index is 2.02. The molecule has 0 saturated heterocycles. The molecular weight excluding hydrogens is 362 g/mol. The minimum Gasteiger partial charge on any atom is -0.301 e. The van der Waals surface area contributed by atoms with Gasteiger partial charge in [0.05, 0.1) is 22.3 Å². The van der Waals surface area contributed by atoms with Crippen molar-refractivity contribution in [1.29, 1.82) is 0 Å². The molecule has 134 valence electrons. The monoisotopic (exact) mass is 377 g/mol. The first kappa shape index (κ1) is 17.2. The lowest BCUT2D eigenvalue weighted by Gasteiger charge is -2.16. The highest BCUT2D eigenvalue weighted by Gasteiger charge is 2.28. The number of imidazole rings is 1. The molecule has 2 aromatic carbocycles. The van der Waals surface area contributed by atoms with Gasteiger partial charge in [-0.05, 0) is 17.7 Å². The predicted molar refractivity (Wildman–Crippen MR) is 106 cm³/mol. The maximum absolute atomic E-state index is 11.5. The van der Waals surface area contributed by atoms with E-state index in [1.165, 1.54) is 0 Å². The van der Waals surface area contributed by atoms with Crippen molar-refractivity contribution in [3.05, 3.63) is 105 Å². The fraction of sp³-hybridized carbons (Fsp3) is 0.0952. The molecule has 0 aliphatic carbocycles. The molecule has 6 heteroatoms. The highest BCUT2D eigenvalue weighted by molar-refractivity contribution is 6.30. The zero-order chi connectivity index (χ0) is 18.8. The molecule has 0 amide bonds. The summed E-state index contributed by atoms with van der Waals surface area (Å²) in [6.07, 6.45) is 1.77. The van der Waals surface area contributed by atoms with Crippen LogP contribution in [0.25, 0.3) is 16.9 Å². The van der Waals surface area contributed by atoms with Crippen LogP contribution >= 0.6 is 11.6 Å². The van der Waals surface area contributed by atoms with Crippen LogP contribution in [0.5, 0.6) is 0 Å². The minimum absolute atomic E-state index is 0.232. The van der Waals surface area contributed by atoms with E-state index < -0.39 is 5.92 Å². The van der Waals surface area contributed by atoms with Crippen molar-refractivity contribution < 1.29 is 4.92 Å². The van der Waals surface area contributed by atoms with E-state index in [0.29, 0.717) is 10.7 Å². The smallest absolute Gasteiger partial charge is 0.216 e. The second-order valence-corrected chi connectivity index (χ2v) is 6.70. The summed E-state index contributed by atoms with van der Waals surface area (Å²) < 4.78 is 1.87. The second kappa shape index (κ2) is 7.21. The number of rotatable bonds is 5. The molecule has 1 unspecified atom stereocenters. The van der Waals surface area contributed by atoms with Crippen LogP contribution in [0, 0.1) is 10.1 Å². The Hall–Kier alpha value is -3.18.